The third-order valence-electron chi connectivity index (χ3n) is 1.94. The average Bonchev–Trinajstić information content (AvgIpc) is 2.44. The molecule has 0 aromatic heterocycles. The Morgan fingerprint density at radius 3 is 1.04 bits per heavy atom. The summed E-state index contributed by atoms with van der Waals surface area (Å²) in [6.45, 7) is 17.4. The highest BCUT2D eigenvalue weighted by molar-refractivity contribution is 5.87. The summed E-state index contributed by atoms with van der Waals surface area (Å²) in [6.07, 6.45) is -0.687. The van der Waals surface area contributed by atoms with Crippen molar-refractivity contribution in [2.24, 2.45) is 0 Å². The molecule has 0 spiro atoms. The Hall–Kier alpha value is -2.64. The number of ether oxygens (including phenoxy) is 2. The molecule has 0 aromatic rings. The lowest BCUT2D eigenvalue weighted by molar-refractivity contribution is -0.143. The number of esters is 2. The fourth-order valence-electron chi connectivity index (χ4n) is 0.843. The second-order valence-electron chi connectivity index (χ2n) is 5.76. The quantitative estimate of drug-likeness (QED) is 0.514. The normalized spacial score (nSPS) is 9.08. The molecule has 0 saturated heterocycles. The van der Waals surface area contributed by atoms with Gasteiger partial charge in [-0.2, -0.15) is 0 Å². The first-order valence-electron chi connectivity index (χ1n) is 7.87. The minimum absolute atomic E-state index is 0.0470. The Morgan fingerprint density at radius 1 is 0.731 bits per heavy atom. The summed E-state index contributed by atoms with van der Waals surface area (Å²) >= 11 is 0. The van der Waals surface area contributed by atoms with E-state index < -0.39 is 11.9 Å². The number of carboxylic acids is 2. The maximum absolute atomic E-state index is 10.6. The minimum Gasteiger partial charge on any atom is -0.481 e. The van der Waals surface area contributed by atoms with E-state index in [9.17, 15) is 19.2 Å². The number of carboxylic acid groups (broad SMARTS) is 2. The fourth-order valence-corrected chi connectivity index (χ4v) is 0.843. The Labute approximate surface area is 154 Å². The van der Waals surface area contributed by atoms with Crippen molar-refractivity contribution in [2.45, 2.75) is 66.6 Å². The lowest BCUT2D eigenvalue weighted by atomic mass is 10.3. The number of rotatable bonds is 7. The Balaban J connectivity index is -0.000000306. The van der Waals surface area contributed by atoms with Crippen LogP contribution in [-0.2, 0) is 28.7 Å². The third-order valence-corrected chi connectivity index (χ3v) is 1.94. The third kappa shape index (κ3) is 26.3. The molecule has 0 rings (SSSR count). The van der Waals surface area contributed by atoms with E-state index in [0.717, 1.165) is 0 Å². The lowest BCUT2D eigenvalue weighted by Crippen LogP contribution is -2.11. The van der Waals surface area contributed by atoms with E-state index in [-0.39, 0.29) is 37.0 Å². The van der Waals surface area contributed by atoms with E-state index in [1.54, 1.807) is 41.5 Å². The fraction of sp³-hybridized carbons (Fsp3) is 0.556. The summed E-state index contributed by atoms with van der Waals surface area (Å²) in [4.78, 5) is 40.5. The van der Waals surface area contributed by atoms with Crippen molar-refractivity contribution in [3.05, 3.63) is 24.3 Å². The van der Waals surface area contributed by atoms with Crippen molar-refractivity contribution in [3.63, 3.8) is 0 Å². The first-order valence-corrected chi connectivity index (χ1v) is 7.87. The molecular formula is C18H30O8. The predicted octanol–water partition coefficient (Wildman–Crippen LogP) is 2.96. The molecule has 0 aromatic carbocycles. The van der Waals surface area contributed by atoms with Crippen LogP contribution in [0.5, 0.6) is 0 Å². The van der Waals surface area contributed by atoms with Gasteiger partial charge in [-0.1, -0.05) is 13.2 Å². The molecule has 26 heavy (non-hydrogen) atoms. The molecule has 0 aliphatic rings. The van der Waals surface area contributed by atoms with Gasteiger partial charge < -0.3 is 19.7 Å². The van der Waals surface area contributed by atoms with E-state index in [2.05, 4.69) is 13.2 Å². The average molecular weight is 374 g/mol. The van der Waals surface area contributed by atoms with Crippen LogP contribution in [0.15, 0.2) is 24.3 Å². The van der Waals surface area contributed by atoms with E-state index >= 15 is 0 Å². The van der Waals surface area contributed by atoms with E-state index in [0.29, 0.717) is 11.1 Å². The zero-order valence-electron chi connectivity index (χ0n) is 16.3. The highest BCUT2D eigenvalue weighted by Gasteiger charge is 2.04. The van der Waals surface area contributed by atoms with Crippen LogP contribution in [0.2, 0.25) is 0 Å². The molecule has 0 unspecified atom stereocenters. The smallest absolute Gasteiger partial charge is 0.333 e. The molecule has 0 amide bonds. The summed E-state index contributed by atoms with van der Waals surface area (Å²) in [5.41, 5.74) is 0.896. The standard InChI is InChI=1S/2C7H12O2.C4H6O4/c2*1-5(2)7(8)9-6(3)4;5-3(6)1-2-4(7)8/h2*6H,1H2,2-4H3;1-2H2,(H,5,6)(H,7,8). The van der Waals surface area contributed by atoms with Crippen molar-refractivity contribution < 1.29 is 38.9 Å². The molecular weight excluding hydrogens is 344 g/mol. The number of hydrogen-bond donors (Lipinski definition) is 2. The van der Waals surface area contributed by atoms with Crippen LogP contribution < -0.4 is 0 Å². The summed E-state index contributed by atoms with van der Waals surface area (Å²) in [7, 11) is 0. The van der Waals surface area contributed by atoms with E-state index in [1.807, 2.05) is 0 Å². The number of aliphatic carboxylic acids is 2. The first kappa shape index (κ1) is 28.2. The summed E-state index contributed by atoms with van der Waals surface area (Å²) < 4.78 is 9.55. The monoisotopic (exact) mass is 374 g/mol. The van der Waals surface area contributed by atoms with Crippen molar-refractivity contribution >= 4 is 23.9 Å². The van der Waals surface area contributed by atoms with Crippen LogP contribution in [0.4, 0.5) is 0 Å². The molecule has 0 bridgehead atoms. The van der Waals surface area contributed by atoms with Crippen LogP contribution in [-0.4, -0.2) is 46.3 Å². The summed E-state index contributed by atoms with van der Waals surface area (Å²) in [6, 6.07) is 0. The molecule has 0 aliphatic heterocycles. The van der Waals surface area contributed by atoms with Gasteiger partial charge in [0.25, 0.3) is 0 Å². The van der Waals surface area contributed by atoms with Gasteiger partial charge in [0.1, 0.15) is 0 Å². The second kappa shape index (κ2) is 15.9. The maximum atomic E-state index is 10.6. The van der Waals surface area contributed by atoms with Gasteiger partial charge in [0.15, 0.2) is 0 Å². The zero-order valence-corrected chi connectivity index (χ0v) is 16.3. The largest absolute Gasteiger partial charge is 0.481 e. The first-order chi connectivity index (χ1) is 11.7. The molecule has 0 aliphatic carbocycles. The molecule has 0 heterocycles. The van der Waals surface area contributed by atoms with Gasteiger partial charge in [0, 0.05) is 11.1 Å². The minimum atomic E-state index is -1.08. The molecule has 150 valence electrons. The van der Waals surface area contributed by atoms with Gasteiger partial charge in [-0.3, -0.25) is 9.59 Å². The Morgan fingerprint density at radius 2 is 0.962 bits per heavy atom. The summed E-state index contributed by atoms with van der Waals surface area (Å²) in [5, 5.41) is 15.8. The van der Waals surface area contributed by atoms with E-state index in [1.165, 1.54) is 0 Å². The number of carbonyl (C=O) groups is 4. The molecule has 0 radical (unpaired) electrons. The molecule has 0 atom stereocenters. The SMILES string of the molecule is C=C(C)C(=O)OC(C)C.C=C(C)C(=O)OC(C)C.O=C(O)CCC(=O)O. The van der Waals surface area contributed by atoms with Crippen molar-refractivity contribution in [2.75, 3.05) is 0 Å². The van der Waals surface area contributed by atoms with Gasteiger partial charge in [-0.05, 0) is 41.5 Å². The second-order valence-corrected chi connectivity index (χ2v) is 5.76. The molecule has 8 nitrogen and oxygen atoms in total. The molecule has 2 N–H and O–H groups in total. The Bertz CT molecular complexity index is 457. The van der Waals surface area contributed by atoms with Crippen molar-refractivity contribution in [1.29, 1.82) is 0 Å². The van der Waals surface area contributed by atoms with Crippen molar-refractivity contribution in [1.82, 2.24) is 0 Å². The van der Waals surface area contributed by atoms with Crippen LogP contribution in [0.25, 0.3) is 0 Å². The van der Waals surface area contributed by atoms with Gasteiger partial charge >= 0.3 is 23.9 Å². The van der Waals surface area contributed by atoms with Gasteiger partial charge in [-0.15, -0.1) is 0 Å². The van der Waals surface area contributed by atoms with Crippen LogP contribution in [0.1, 0.15) is 54.4 Å². The lowest BCUT2D eigenvalue weighted by Gasteiger charge is -2.05. The number of carbonyl (C=O) groups excluding carboxylic acids is 2. The van der Waals surface area contributed by atoms with Gasteiger partial charge in [0.2, 0.25) is 0 Å². The molecule has 8 heteroatoms. The maximum Gasteiger partial charge on any atom is 0.333 e. The zero-order chi connectivity index (χ0) is 21.4. The van der Waals surface area contributed by atoms with Crippen LogP contribution in [0, 0.1) is 0 Å². The van der Waals surface area contributed by atoms with Gasteiger partial charge in [0.05, 0.1) is 25.0 Å². The molecule has 0 saturated carbocycles. The molecule has 0 fully saturated rings. The highest BCUT2D eigenvalue weighted by atomic mass is 16.5. The van der Waals surface area contributed by atoms with Crippen LogP contribution >= 0.6 is 0 Å². The van der Waals surface area contributed by atoms with Crippen molar-refractivity contribution in [3.8, 4) is 0 Å². The van der Waals surface area contributed by atoms with E-state index in [4.69, 9.17) is 19.7 Å². The van der Waals surface area contributed by atoms with Crippen LogP contribution in [0.3, 0.4) is 0 Å². The summed E-state index contributed by atoms with van der Waals surface area (Å²) in [5.74, 6) is -2.78. The highest BCUT2D eigenvalue weighted by Crippen LogP contribution is 1.96. The topological polar surface area (TPSA) is 127 Å². The Kier molecular flexibility index (Phi) is 17.2. The number of hydrogen-bond acceptors (Lipinski definition) is 6. The predicted molar refractivity (Wildman–Crippen MR) is 96.6 cm³/mol. The van der Waals surface area contributed by atoms with Gasteiger partial charge in [-0.25, -0.2) is 9.59 Å².